The monoisotopic (exact) mass is 303 g/mol. The first-order valence-corrected chi connectivity index (χ1v) is 6.09. The van der Waals surface area contributed by atoms with E-state index in [2.05, 4.69) is 0 Å². The Morgan fingerprint density at radius 2 is 1.95 bits per heavy atom. The first-order chi connectivity index (χ1) is 9.70. The van der Waals surface area contributed by atoms with Gasteiger partial charge in [-0.15, -0.1) is 0 Å². The number of likely N-dealkylation sites (tertiary alicyclic amines) is 1. The fourth-order valence-corrected chi connectivity index (χ4v) is 2.27. The van der Waals surface area contributed by atoms with Crippen molar-refractivity contribution in [3.8, 4) is 0 Å². The van der Waals surface area contributed by atoms with Crippen molar-refractivity contribution >= 4 is 11.9 Å². The summed E-state index contributed by atoms with van der Waals surface area (Å²) in [5.74, 6) is -2.14. The summed E-state index contributed by atoms with van der Waals surface area (Å²) in [6.45, 7) is -0.216. The lowest BCUT2D eigenvalue weighted by molar-refractivity contribution is -0.141. The zero-order valence-corrected chi connectivity index (χ0v) is 10.7. The summed E-state index contributed by atoms with van der Waals surface area (Å²) in [7, 11) is 0. The molecular weight excluding hydrogens is 291 g/mol. The highest BCUT2D eigenvalue weighted by Crippen LogP contribution is 2.30. The number of alkyl halides is 3. The number of hydrogen-bond donors (Lipinski definition) is 2. The van der Waals surface area contributed by atoms with Crippen LogP contribution in [-0.4, -0.2) is 45.7 Å². The minimum Gasteiger partial charge on any atom is -0.480 e. The van der Waals surface area contributed by atoms with E-state index in [0.29, 0.717) is 6.07 Å². The van der Waals surface area contributed by atoms with Crippen LogP contribution in [0.1, 0.15) is 22.3 Å². The highest BCUT2D eigenvalue weighted by molar-refractivity contribution is 5.97. The maximum Gasteiger partial charge on any atom is 0.416 e. The molecule has 1 saturated heterocycles. The second-order valence-electron chi connectivity index (χ2n) is 4.78. The predicted octanol–water partition coefficient (Wildman–Crippen LogP) is 1.37. The van der Waals surface area contributed by atoms with Gasteiger partial charge in [-0.2, -0.15) is 13.2 Å². The van der Waals surface area contributed by atoms with Gasteiger partial charge in [0.15, 0.2) is 0 Å². The Kier molecular flexibility index (Phi) is 3.91. The first-order valence-electron chi connectivity index (χ1n) is 6.09. The molecule has 0 bridgehead atoms. The molecule has 2 N–H and O–H groups in total. The normalized spacial score (nSPS) is 22.4. The molecule has 1 aromatic rings. The number of benzene rings is 1. The number of carboxylic acid groups (broad SMARTS) is 1. The number of amides is 1. The van der Waals surface area contributed by atoms with E-state index < -0.39 is 35.8 Å². The number of carbonyl (C=O) groups is 2. The molecule has 2 atom stereocenters. The molecule has 1 aliphatic heterocycles. The van der Waals surface area contributed by atoms with E-state index in [9.17, 15) is 27.9 Å². The van der Waals surface area contributed by atoms with Gasteiger partial charge in [-0.1, -0.05) is 6.07 Å². The van der Waals surface area contributed by atoms with E-state index >= 15 is 0 Å². The lowest BCUT2D eigenvalue weighted by Crippen LogP contribution is -2.40. The predicted molar refractivity (Wildman–Crippen MR) is 64.5 cm³/mol. The molecule has 114 valence electrons. The minimum atomic E-state index is -4.59. The summed E-state index contributed by atoms with van der Waals surface area (Å²) in [4.78, 5) is 24.1. The Bertz CT molecular complexity index is 573. The largest absolute Gasteiger partial charge is 0.480 e. The van der Waals surface area contributed by atoms with Gasteiger partial charge in [0.2, 0.25) is 0 Å². The quantitative estimate of drug-likeness (QED) is 0.865. The number of rotatable bonds is 2. The number of hydrogen-bond acceptors (Lipinski definition) is 3. The molecule has 0 radical (unpaired) electrons. The summed E-state index contributed by atoms with van der Waals surface area (Å²) in [5.41, 5.74) is -1.25. The molecule has 8 heteroatoms. The van der Waals surface area contributed by atoms with Crippen LogP contribution >= 0.6 is 0 Å². The van der Waals surface area contributed by atoms with Crippen LogP contribution in [0.4, 0.5) is 13.2 Å². The number of aliphatic carboxylic acids is 1. The zero-order chi connectivity index (χ0) is 15.8. The first kappa shape index (κ1) is 15.3. The maximum absolute atomic E-state index is 12.6. The summed E-state index contributed by atoms with van der Waals surface area (Å²) < 4.78 is 37.8. The fourth-order valence-electron chi connectivity index (χ4n) is 2.27. The van der Waals surface area contributed by atoms with Gasteiger partial charge in [-0.25, -0.2) is 4.79 Å². The van der Waals surface area contributed by atoms with Crippen LogP contribution in [0.5, 0.6) is 0 Å². The lowest BCUT2D eigenvalue weighted by Gasteiger charge is -2.21. The third kappa shape index (κ3) is 3.15. The third-order valence-electron chi connectivity index (χ3n) is 3.26. The molecule has 1 aliphatic rings. The molecule has 0 aromatic heterocycles. The van der Waals surface area contributed by atoms with Crippen LogP contribution in [0, 0.1) is 0 Å². The summed E-state index contributed by atoms with van der Waals surface area (Å²) in [5, 5.41) is 18.5. The molecular formula is C13H12F3NO4. The van der Waals surface area contributed by atoms with Gasteiger partial charge in [-0.05, 0) is 18.2 Å². The average molecular weight is 303 g/mol. The van der Waals surface area contributed by atoms with Gasteiger partial charge in [0.1, 0.15) is 6.04 Å². The number of carbonyl (C=O) groups excluding carboxylic acids is 1. The molecule has 21 heavy (non-hydrogen) atoms. The van der Waals surface area contributed by atoms with Crippen molar-refractivity contribution in [2.75, 3.05) is 6.54 Å². The summed E-state index contributed by atoms with van der Waals surface area (Å²) in [6, 6.07) is 2.53. The molecule has 0 spiro atoms. The van der Waals surface area contributed by atoms with Crippen LogP contribution in [-0.2, 0) is 11.0 Å². The minimum absolute atomic E-state index is 0.139. The van der Waals surface area contributed by atoms with E-state index in [1.807, 2.05) is 0 Å². The van der Waals surface area contributed by atoms with Crippen LogP contribution < -0.4 is 0 Å². The highest BCUT2D eigenvalue weighted by atomic mass is 19.4. The van der Waals surface area contributed by atoms with Gasteiger partial charge in [0.05, 0.1) is 11.7 Å². The molecule has 5 nitrogen and oxygen atoms in total. The Morgan fingerprint density at radius 3 is 2.52 bits per heavy atom. The van der Waals surface area contributed by atoms with Crippen molar-refractivity contribution < 1.29 is 33.0 Å². The van der Waals surface area contributed by atoms with Crippen molar-refractivity contribution in [3.05, 3.63) is 35.4 Å². The van der Waals surface area contributed by atoms with Crippen molar-refractivity contribution in [2.45, 2.75) is 24.7 Å². The molecule has 1 amide bonds. The molecule has 0 saturated carbocycles. The van der Waals surface area contributed by atoms with Gasteiger partial charge in [0.25, 0.3) is 5.91 Å². The Balaban J connectivity index is 2.30. The standard InChI is InChI=1S/C13H12F3NO4/c14-13(15,16)8-3-1-2-7(4-8)11(19)17-6-9(18)5-10(17)12(20)21/h1-4,9-10,18H,5-6H2,(H,20,21)/t9-,10+/m1/s1. The van der Waals surface area contributed by atoms with Crippen molar-refractivity contribution in [1.29, 1.82) is 0 Å². The third-order valence-corrected chi connectivity index (χ3v) is 3.26. The van der Waals surface area contributed by atoms with E-state index in [1.54, 1.807) is 0 Å². The molecule has 0 aliphatic carbocycles. The molecule has 0 unspecified atom stereocenters. The topological polar surface area (TPSA) is 77.8 Å². The zero-order valence-electron chi connectivity index (χ0n) is 10.7. The van der Waals surface area contributed by atoms with Crippen LogP contribution in [0.15, 0.2) is 24.3 Å². The number of aliphatic hydroxyl groups excluding tert-OH is 1. The van der Waals surface area contributed by atoms with Gasteiger partial charge in [-0.3, -0.25) is 4.79 Å². The number of nitrogens with zero attached hydrogens (tertiary/aromatic N) is 1. The van der Waals surface area contributed by atoms with Crippen molar-refractivity contribution in [1.82, 2.24) is 4.90 Å². The van der Waals surface area contributed by atoms with E-state index in [0.717, 1.165) is 17.0 Å². The summed E-state index contributed by atoms with van der Waals surface area (Å²) in [6.07, 6.45) is -5.73. The van der Waals surface area contributed by atoms with Crippen LogP contribution in [0.2, 0.25) is 0 Å². The summed E-state index contributed by atoms with van der Waals surface area (Å²) >= 11 is 0. The van der Waals surface area contributed by atoms with Crippen molar-refractivity contribution in [2.24, 2.45) is 0 Å². The molecule has 1 aromatic carbocycles. The maximum atomic E-state index is 12.6. The Morgan fingerprint density at radius 1 is 1.29 bits per heavy atom. The van der Waals surface area contributed by atoms with Crippen molar-refractivity contribution in [3.63, 3.8) is 0 Å². The average Bonchev–Trinajstić information content (AvgIpc) is 2.79. The van der Waals surface area contributed by atoms with Gasteiger partial charge < -0.3 is 15.1 Å². The van der Waals surface area contributed by atoms with E-state index in [-0.39, 0.29) is 18.5 Å². The van der Waals surface area contributed by atoms with E-state index in [4.69, 9.17) is 5.11 Å². The Labute approximate surface area is 117 Å². The molecule has 1 heterocycles. The SMILES string of the molecule is O=C(O)[C@@H]1C[C@@H](O)CN1C(=O)c1cccc(C(F)(F)F)c1. The van der Waals surface area contributed by atoms with Crippen LogP contribution in [0.25, 0.3) is 0 Å². The van der Waals surface area contributed by atoms with Crippen LogP contribution in [0.3, 0.4) is 0 Å². The smallest absolute Gasteiger partial charge is 0.416 e. The number of aliphatic hydroxyl groups is 1. The number of β-amino-alcohol motifs (C(OH)–C–C–N with tert-alkyl or cyclic N) is 1. The second-order valence-corrected chi connectivity index (χ2v) is 4.78. The van der Waals surface area contributed by atoms with Gasteiger partial charge in [0, 0.05) is 18.5 Å². The second kappa shape index (κ2) is 5.36. The van der Waals surface area contributed by atoms with Gasteiger partial charge >= 0.3 is 12.1 Å². The fraction of sp³-hybridized carbons (Fsp3) is 0.385. The number of halogens is 3. The van der Waals surface area contributed by atoms with E-state index in [1.165, 1.54) is 6.07 Å². The highest BCUT2D eigenvalue weighted by Gasteiger charge is 2.39. The Hall–Kier alpha value is -2.09. The molecule has 1 fully saturated rings. The number of carboxylic acids is 1. The lowest BCUT2D eigenvalue weighted by atomic mass is 10.1. The molecule has 2 rings (SSSR count).